The summed E-state index contributed by atoms with van der Waals surface area (Å²) in [5.74, 6) is 0. The summed E-state index contributed by atoms with van der Waals surface area (Å²) in [7, 11) is 0. The maximum Gasteiger partial charge on any atom is 0.448 e. The molecule has 1 aromatic heterocycles. The van der Waals surface area contributed by atoms with Gasteiger partial charge in [-0.3, -0.25) is 0 Å². The van der Waals surface area contributed by atoms with Gasteiger partial charge in [-0.05, 0) is 53.6 Å². The molecule has 2 aromatic carbocycles. The zero-order chi connectivity index (χ0) is 21.6. The van der Waals surface area contributed by atoms with Crippen molar-refractivity contribution in [2.24, 2.45) is 0 Å². The molecule has 3 nitrogen and oxygen atoms in total. The smallest absolute Gasteiger partial charge is 0.399 e. The van der Waals surface area contributed by atoms with E-state index in [-0.39, 0.29) is 0 Å². The molecule has 0 atom stereocenters. The number of anilines is 1. The first-order chi connectivity index (χ1) is 14.3. The van der Waals surface area contributed by atoms with Crippen LogP contribution < -0.4 is 10.3 Å². The fourth-order valence-corrected chi connectivity index (χ4v) is 2.87. The van der Waals surface area contributed by atoms with E-state index in [1.54, 1.807) is 91.0 Å². The number of hydrogen-bond acceptors (Lipinski definition) is 2. The third-order valence-electron chi connectivity index (χ3n) is 4.36. The Labute approximate surface area is 172 Å². The van der Waals surface area contributed by atoms with Crippen LogP contribution in [0, 0.1) is 11.3 Å². The summed E-state index contributed by atoms with van der Waals surface area (Å²) in [5.41, 5.74) is 9.27. The maximum atomic E-state index is 13.2. The lowest BCUT2D eigenvalue weighted by molar-refractivity contribution is -0.722. The normalized spacial score (nSPS) is 11.8. The second-order valence-electron chi connectivity index (χ2n) is 6.64. The number of benzene rings is 2. The molecule has 0 aliphatic rings. The molecule has 0 unspecified atom stereocenters. The second-order valence-corrected chi connectivity index (χ2v) is 6.64. The molecule has 3 aromatic rings. The molecule has 0 aliphatic carbocycles. The third-order valence-corrected chi connectivity index (χ3v) is 4.36. The highest BCUT2D eigenvalue weighted by Gasteiger charge is 2.35. The van der Waals surface area contributed by atoms with Gasteiger partial charge in [0.15, 0.2) is 0 Å². The van der Waals surface area contributed by atoms with Gasteiger partial charge in [-0.1, -0.05) is 24.3 Å². The highest BCUT2D eigenvalue weighted by molar-refractivity contribution is 5.69. The topological polar surface area (TPSA) is 53.7 Å². The van der Waals surface area contributed by atoms with Gasteiger partial charge in [0.05, 0.1) is 11.6 Å². The van der Waals surface area contributed by atoms with E-state index in [2.05, 4.69) is 0 Å². The first kappa shape index (κ1) is 20.9. The van der Waals surface area contributed by atoms with Crippen LogP contribution in [0.1, 0.15) is 28.1 Å². The largest absolute Gasteiger partial charge is 0.448 e. The van der Waals surface area contributed by atoms with Crippen molar-refractivity contribution in [2.75, 3.05) is 5.73 Å². The molecule has 150 valence electrons. The number of aromatic nitrogens is 1. The highest BCUT2D eigenvalue weighted by Crippen LogP contribution is 2.17. The van der Waals surface area contributed by atoms with Crippen molar-refractivity contribution in [3.05, 3.63) is 94.8 Å². The van der Waals surface area contributed by atoms with Gasteiger partial charge in [0.2, 0.25) is 17.9 Å². The van der Waals surface area contributed by atoms with Crippen LogP contribution in [0.2, 0.25) is 0 Å². The van der Waals surface area contributed by atoms with E-state index in [1.165, 1.54) is 4.57 Å². The Bertz CT molecular complexity index is 1100. The van der Waals surface area contributed by atoms with E-state index in [0.29, 0.717) is 22.6 Å². The standard InChI is InChI=1S/C24H18F3N3/c25-24(26,27)17-30-22(14-10-18-4-6-20(16-28)7-5-18)2-1-3-23(30)15-11-19-8-12-21(29)13-9-19/h1-15,29H,17H2/p+1/b14-10+. The number of nitrogen functional groups attached to an aromatic ring is 1. The van der Waals surface area contributed by atoms with Gasteiger partial charge in [-0.25, -0.2) is 0 Å². The molecule has 1 heterocycles. The minimum atomic E-state index is -4.37. The molecule has 0 amide bonds. The minimum absolute atomic E-state index is 0.413. The van der Waals surface area contributed by atoms with Crippen molar-refractivity contribution in [3.8, 4) is 6.07 Å². The van der Waals surface area contributed by atoms with Crippen LogP contribution in [0.4, 0.5) is 18.9 Å². The number of alkyl halides is 3. The lowest BCUT2D eigenvalue weighted by Gasteiger charge is -2.07. The van der Waals surface area contributed by atoms with Gasteiger partial charge in [0.1, 0.15) is 0 Å². The third kappa shape index (κ3) is 5.82. The fourth-order valence-electron chi connectivity index (χ4n) is 2.87. The highest BCUT2D eigenvalue weighted by atomic mass is 19.4. The monoisotopic (exact) mass is 406 g/mol. The van der Waals surface area contributed by atoms with E-state index in [9.17, 15) is 13.2 Å². The summed E-state index contributed by atoms with van der Waals surface area (Å²) < 4.78 is 40.9. The molecule has 6 heteroatoms. The quantitative estimate of drug-likeness (QED) is 0.460. The zero-order valence-electron chi connectivity index (χ0n) is 16.0. The van der Waals surface area contributed by atoms with Crippen molar-refractivity contribution in [1.82, 2.24) is 0 Å². The van der Waals surface area contributed by atoms with Crippen LogP contribution >= 0.6 is 0 Å². The lowest BCUT2D eigenvalue weighted by atomic mass is 10.1. The Balaban J connectivity index is 1.95. The van der Waals surface area contributed by atoms with Crippen LogP contribution in [0.5, 0.6) is 0 Å². The Hall–Kier alpha value is -3.85. The SMILES string of the molecule is N#Cc1ccc(/C=C/c2cccc(/C=C/c3ccc(N)cc3)[n+]2CC(F)(F)F)cc1. The van der Waals surface area contributed by atoms with Crippen LogP contribution in [0.25, 0.3) is 24.3 Å². The summed E-state index contributed by atoms with van der Waals surface area (Å²) in [4.78, 5) is 0. The van der Waals surface area contributed by atoms with Crippen LogP contribution in [0.3, 0.4) is 0 Å². The molecule has 0 saturated heterocycles. The first-order valence-corrected chi connectivity index (χ1v) is 9.15. The van der Waals surface area contributed by atoms with Crippen molar-refractivity contribution in [1.29, 1.82) is 5.26 Å². The molecule has 0 fully saturated rings. The van der Waals surface area contributed by atoms with Crippen molar-refractivity contribution < 1.29 is 17.7 Å². The van der Waals surface area contributed by atoms with E-state index in [4.69, 9.17) is 11.0 Å². The number of hydrogen-bond donors (Lipinski definition) is 1. The lowest BCUT2D eigenvalue weighted by Crippen LogP contribution is -2.46. The van der Waals surface area contributed by atoms with E-state index in [0.717, 1.165) is 11.1 Å². The first-order valence-electron chi connectivity index (χ1n) is 9.15. The predicted octanol–water partition coefficient (Wildman–Crippen LogP) is 5.33. The van der Waals surface area contributed by atoms with Gasteiger partial charge in [0, 0.05) is 30.0 Å². The van der Waals surface area contributed by atoms with Crippen LogP contribution in [0.15, 0.2) is 66.7 Å². The Morgan fingerprint density at radius 1 is 0.800 bits per heavy atom. The van der Waals surface area contributed by atoms with Gasteiger partial charge in [0.25, 0.3) is 0 Å². The molecular weight excluding hydrogens is 387 g/mol. The number of pyridine rings is 1. The van der Waals surface area contributed by atoms with Crippen molar-refractivity contribution in [3.63, 3.8) is 0 Å². The number of nitrogens with two attached hydrogens (primary N) is 1. The number of nitriles is 1. The van der Waals surface area contributed by atoms with Crippen molar-refractivity contribution >= 4 is 30.0 Å². The number of rotatable bonds is 5. The Morgan fingerprint density at radius 2 is 1.30 bits per heavy atom. The summed E-state index contributed by atoms with van der Waals surface area (Å²) in [6.45, 7) is -1.11. The van der Waals surface area contributed by atoms with Gasteiger partial charge in [-0.15, -0.1) is 0 Å². The molecule has 3 rings (SSSR count). The van der Waals surface area contributed by atoms with Crippen molar-refractivity contribution in [2.45, 2.75) is 12.7 Å². The molecular formula is C24H19F3N3+. The summed E-state index contributed by atoms with van der Waals surface area (Å²) >= 11 is 0. The molecule has 2 N–H and O–H groups in total. The van der Waals surface area contributed by atoms with E-state index < -0.39 is 12.7 Å². The minimum Gasteiger partial charge on any atom is -0.399 e. The summed E-state index contributed by atoms with van der Waals surface area (Å²) in [6.07, 6.45) is 2.38. The fraction of sp³-hybridized carbons (Fsp3) is 0.0833. The van der Waals surface area contributed by atoms with E-state index >= 15 is 0 Å². The Morgan fingerprint density at radius 3 is 1.77 bits per heavy atom. The Kier molecular flexibility index (Phi) is 6.33. The second kappa shape index (κ2) is 9.10. The molecule has 0 aliphatic heterocycles. The molecule has 0 spiro atoms. The molecule has 30 heavy (non-hydrogen) atoms. The predicted molar refractivity (Wildman–Crippen MR) is 113 cm³/mol. The summed E-state index contributed by atoms with van der Waals surface area (Å²) in [6, 6.07) is 20.9. The van der Waals surface area contributed by atoms with Gasteiger partial charge >= 0.3 is 6.18 Å². The summed E-state index contributed by atoms with van der Waals surface area (Å²) in [5, 5.41) is 8.87. The number of nitrogens with zero attached hydrogens (tertiary/aromatic N) is 2. The average Bonchev–Trinajstić information content (AvgIpc) is 2.72. The zero-order valence-corrected chi connectivity index (χ0v) is 16.0. The maximum absolute atomic E-state index is 13.2. The molecule has 0 bridgehead atoms. The average molecular weight is 406 g/mol. The van der Waals surface area contributed by atoms with Gasteiger partial charge < -0.3 is 5.73 Å². The molecule has 0 saturated carbocycles. The van der Waals surface area contributed by atoms with Crippen LogP contribution in [-0.4, -0.2) is 6.18 Å². The van der Waals surface area contributed by atoms with Crippen LogP contribution in [-0.2, 0) is 6.54 Å². The van der Waals surface area contributed by atoms with E-state index in [1.807, 2.05) is 6.07 Å². The molecule has 0 radical (unpaired) electrons. The van der Waals surface area contributed by atoms with Gasteiger partial charge in [-0.2, -0.15) is 23.0 Å². The number of halogens is 3.